The lowest BCUT2D eigenvalue weighted by Gasteiger charge is -2.41. The number of piperidine rings is 2. The minimum absolute atomic E-state index is 0.500. The van der Waals surface area contributed by atoms with Gasteiger partial charge >= 0.3 is 0 Å². The number of carbonyl (C=O) groups excluding carboxylic acids is 2. The lowest BCUT2D eigenvalue weighted by molar-refractivity contribution is -0.106. The summed E-state index contributed by atoms with van der Waals surface area (Å²) in [6.07, 6.45) is 10.9. The van der Waals surface area contributed by atoms with Crippen LogP contribution in [-0.4, -0.2) is 77.1 Å². The second kappa shape index (κ2) is 19.0. The molecule has 7 heteroatoms. The van der Waals surface area contributed by atoms with Crippen molar-refractivity contribution in [3.8, 4) is 0 Å². The number of carbonyl (C=O) groups is 2. The summed E-state index contributed by atoms with van der Waals surface area (Å²) in [5.41, 5.74) is 4.36. The first-order valence-corrected chi connectivity index (χ1v) is 13.3. The predicted octanol–water partition coefficient (Wildman–Crippen LogP) is 5.56. The molecule has 4 rings (SSSR count). The molecular formula is C31H46FN3O3. The van der Waals surface area contributed by atoms with Crippen molar-refractivity contribution in [1.82, 2.24) is 4.90 Å². The van der Waals surface area contributed by atoms with E-state index >= 15 is 0 Å². The van der Waals surface area contributed by atoms with Gasteiger partial charge in [-0.1, -0.05) is 18.2 Å². The summed E-state index contributed by atoms with van der Waals surface area (Å²) >= 11 is 0. The lowest BCUT2D eigenvalue weighted by Crippen LogP contribution is -2.41. The van der Waals surface area contributed by atoms with Gasteiger partial charge in [-0.05, 0) is 92.6 Å². The summed E-state index contributed by atoms with van der Waals surface area (Å²) in [6.45, 7) is 6.04. The van der Waals surface area contributed by atoms with Gasteiger partial charge < -0.3 is 24.6 Å². The number of hydrogen-bond acceptors (Lipinski definition) is 6. The maximum Gasteiger partial charge on any atom is 0.150 e. The summed E-state index contributed by atoms with van der Waals surface area (Å²) in [5, 5.41) is 7.00. The zero-order valence-electron chi connectivity index (χ0n) is 23.7. The van der Waals surface area contributed by atoms with E-state index in [0.717, 1.165) is 55.7 Å². The van der Waals surface area contributed by atoms with Crippen LogP contribution in [0, 0.1) is 11.8 Å². The van der Waals surface area contributed by atoms with Crippen LogP contribution in [0.1, 0.15) is 48.5 Å². The number of rotatable bonds is 6. The Labute approximate surface area is 228 Å². The first-order valence-electron chi connectivity index (χ1n) is 13.3. The van der Waals surface area contributed by atoms with Crippen LogP contribution >= 0.6 is 0 Å². The molecule has 0 spiro atoms. The van der Waals surface area contributed by atoms with Gasteiger partial charge in [-0.2, -0.15) is 0 Å². The van der Waals surface area contributed by atoms with E-state index in [0.29, 0.717) is 7.18 Å². The fourth-order valence-electron chi connectivity index (χ4n) is 5.14. The van der Waals surface area contributed by atoms with Gasteiger partial charge in [-0.3, -0.25) is 9.18 Å². The van der Waals surface area contributed by atoms with E-state index in [1.807, 2.05) is 37.3 Å². The molecule has 0 unspecified atom stereocenters. The van der Waals surface area contributed by atoms with E-state index in [-0.39, 0.29) is 0 Å². The van der Waals surface area contributed by atoms with E-state index in [1.54, 1.807) is 0 Å². The maximum atomic E-state index is 11.4. The number of hydrogen-bond donors (Lipinski definition) is 1. The molecule has 2 aromatic carbocycles. The highest BCUT2D eigenvalue weighted by Crippen LogP contribution is 2.35. The number of halogens is 1. The van der Waals surface area contributed by atoms with E-state index < -0.39 is 0 Å². The summed E-state index contributed by atoms with van der Waals surface area (Å²) < 4.78 is 9.50. The van der Waals surface area contributed by atoms with Crippen molar-refractivity contribution in [2.45, 2.75) is 32.6 Å². The number of aliphatic hydroxyl groups excluding tert-OH is 1. The molecular weight excluding hydrogens is 481 g/mol. The van der Waals surface area contributed by atoms with Gasteiger partial charge in [0, 0.05) is 64.3 Å². The minimum Gasteiger partial charge on any atom is -0.400 e. The molecule has 0 radical (unpaired) electrons. The molecule has 2 aliphatic rings. The molecule has 2 heterocycles. The summed E-state index contributed by atoms with van der Waals surface area (Å²) in [4.78, 5) is 27.3. The smallest absolute Gasteiger partial charge is 0.150 e. The summed E-state index contributed by atoms with van der Waals surface area (Å²) in [5.74, 6) is 1.70. The Morgan fingerprint density at radius 3 is 1.71 bits per heavy atom. The maximum absolute atomic E-state index is 11.4. The third kappa shape index (κ3) is 10.3. The first-order chi connectivity index (χ1) is 18.5. The highest BCUT2D eigenvalue weighted by molar-refractivity contribution is 5.83. The molecule has 2 aliphatic heterocycles. The largest absolute Gasteiger partial charge is 0.400 e. The van der Waals surface area contributed by atoms with E-state index in [1.165, 1.54) is 57.1 Å². The molecule has 0 bridgehead atoms. The van der Waals surface area contributed by atoms with Crippen molar-refractivity contribution >= 4 is 30.0 Å². The van der Waals surface area contributed by atoms with E-state index in [2.05, 4.69) is 52.3 Å². The Morgan fingerprint density at radius 1 is 0.789 bits per heavy atom. The molecule has 1 N–H and O–H groups in total. The number of anilines is 2. The number of nitrogens with zero attached hydrogens (tertiary/aromatic N) is 3. The molecule has 2 fully saturated rings. The van der Waals surface area contributed by atoms with Crippen LogP contribution in [0.25, 0.3) is 6.08 Å². The number of alkyl halides is 1. The fourth-order valence-corrected chi connectivity index (χ4v) is 5.14. The van der Waals surface area contributed by atoms with Crippen LogP contribution in [0.3, 0.4) is 0 Å². The fraction of sp³-hybridized carbons (Fsp3) is 0.484. The molecule has 210 valence electrons. The average molecular weight is 528 g/mol. The Balaban J connectivity index is 0.000000944. The first kappa shape index (κ1) is 32.8. The number of benzene rings is 2. The molecule has 0 aliphatic carbocycles. The van der Waals surface area contributed by atoms with Crippen molar-refractivity contribution in [1.29, 1.82) is 0 Å². The number of aliphatic hydroxyl groups is 1. The zero-order valence-corrected chi connectivity index (χ0v) is 23.7. The molecule has 2 aromatic rings. The van der Waals surface area contributed by atoms with Crippen molar-refractivity contribution < 1.29 is 19.1 Å². The van der Waals surface area contributed by atoms with E-state index in [9.17, 15) is 9.18 Å². The minimum atomic E-state index is 0.500. The quantitative estimate of drug-likeness (QED) is 0.496. The van der Waals surface area contributed by atoms with E-state index in [4.69, 9.17) is 9.90 Å². The number of aldehydes is 2. The average Bonchev–Trinajstić information content (AvgIpc) is 2.99. The van der Waals surface area contributed by atoms with Crippen LogP contribution in [-0.2, 0) is 4.79 Å². The molecule has 6 nitrogen and oxygen atoms in total. The van der Waals surface area contributed by atoms with Gasteiger partial charge in [0.05, 0.1) is 7.18 Å². The lowest BCUT2D eigenvalue weighted by atomic mass is 9.78. The Hall–Kier alpha value is -3.19. The second-order valence-corrected chi connectivity index (χ2v) is 9.43. The molecule has 38 heavy (non-hydrogen) atoms. The third-order valence-electron chi connectivity index (χ3n) is 6.98. The highest BCUT2D eigenvalue weighted by Gasteiger charge is 2.29. The number of para-hydroxylation sites is 1. The Bertz CT molecular complexity index is 937. The van der Waals surface area contributed by atoms with Crippen LogP contribution in [0.15, 0.2) is 54.7 Å². The summed E-state index contributed by atoms with van der Waals surface area (Å²) in [6, 6.07) is 17.1. The van der Waals surface area contributed by atoms with Gasteiger partial charge in [0.25, 0.3) is 0 Å². The second-order valence-electron chi connectivity index (χ2n) is 9.43. The van der Waals surface area contributed by atoms with Crippen LogP contribution in [0.5, 0.6) is 0 Å². The normalized spacial score (nSPS) is 15.8. The monoisotopic (exact) mass is 527 g/mol. The SMILES string of the molecule is CC=O.CF.CN(C)/C=C\c1cc(N2CCC(C3CCN(c4ccccc4)CC3)CC2)ccc1C=O.CO. The molecule has 0 amide bonds. The summed E-state index contributed by atoms with van der Waals surface area (Å²) in [7, 11) is 5.49. The van der Waals surface area contributed by atoms with Crippen molar-refractivity contribution in [3.05, 3.63) is 65.9 Å². The molecule has 0 atom stereocenters. The highest BCUT2D eigenvalue weighted by atomic mass is 19.1. The van der Waals surface area contributed by atoms with Crippen molar-refractivity contribution in [2.24, 2.45) is 11.8 Å². The molecule has 0 saturated carbocycles. The predicted molar refractivity (Wildman–Crippen MR) is 158 cm³/mol. The van der Waals surface area contributed by atoms with Gasteiger partial charge in [-0.25, -0.2) is 0 Å². The Kier molecular flexibility index (Phi) is 16.4. The van der Waals surface area contributed by atoms with Gasteiger partial charge in [0.1, 0.15) is 6.29 Å². The molecule has 2 saturated heterocycles. The van der Waals surface area contributed by atoms with Crippen molar-refractivity contribution in [3.63, 3.8) is 0 Å². The van der Waals surface area contributed by atoms with Crippen molar-refractivity contribution in [2.75, 3.05) is 64.4 Å². The molecule has 0 aromatic heterocycles. The zero-order chi connectivity index (χ0) is 28.3. The Morgan fingerprint density at radius 2 is 1.26 bits per heavy atom. The third-order valence-corrected chi connectivity index (χ3v) is 6.98. The van der Waals surface area contributed by atoms with Gasteiger partial charge in [-0.15, -0.1) is 0 Å². The van der Waals surface area contributed by atoms with Crippen LogP contribution < -0.4 is 9.80 Å². The van der Waals surface area contributed by atoms with Crippen LogP contribution in [0.2, 0.25) is 0 Å². The topological polar surface area (TPSA) is 64.1 Å². The van der Waals surface area contributed by atoms with Gasteiger partial charge in [0.15, 0.2) is 6.29 Å². The van der Waals surface area contributed by atoms with Crippen LogP contribution in [0.4, 0.5) is 15.8 Å². The standard InChI is InChI=1S/C27H35N3O.C2H4O.CH3F.CH4O/c1-28(2)15-10-24-20-27(9-8-25(24)21-31)30-18-13-23(14-19-30)22-11-16-29(17-12-22)26-6-4-3-5-7-26;1-2-3;2*1-2/h3-10,15,20-23H,11-14,16-19H2,1-2H3;2H,1H3;1H3;2H,1H3/b15-10-;;;. The van der Waals surface area contributed by atoms with Gasteiger partial charge in [0.2, 0.25) is 0 Å².